The van der Waals surface area contributed by atoms with Gasteiger partial charge in [0.05, 0.1) is 22.9 Å². The SMILES string of the molecule is CC(C)Oc1ccc(/C=N\NC(=O)CN(c2ccccc2)S(=O)(=O)c2ccc(Cl)cc2)cc1. The van der Waals surface area contributed by atoms with Gasteiger partial charge in [-0.05, 0) is 80.1 Å². The van der Waals surface area contributed by atoms with Crippen LogP contribution in [0.25, 0.3) is 0 Å². The first-order valence-corrected chi connectivity index (χ1v) is 12.0. The second-order valence-electron chi connectivity index (χ2n) is 7.33. The van der Waals surface area contributed by atoms with Gasteiger partial charge in [0, 0.05) is 5.02 Å². The van der Waals surface area contributed by atoms with Gasteiger partial charge in [0.15, 0.2) is 0 Å². The van der Waals surface area contributed by atoms with Gasteiger partial charge in [-0.25, -0.2) is 13.8 Å². The summed E-state index contributed by atoms with van der Waals surface area (Å²) in [6, 6.07) is 21.4. The first-order chi connectivity index (χ1) is 15.8. The molecule has 3 aromatic carbocycles. The van der Waals surface area contributed by atoms with Gasteiger partial charge in [0.2, 0.25) is 0 Å². The van der Waals surface area contributed by atoms with Gasteiger partial charge in [0.1, 0.15) is 12.3 Å². The van der Waals surface area contributed by atoms with Crippen LogP contribution in [0.1, 0.15) is 19.4 Å². The number of nitrogens with one attached hydrogen (secondary N) is 1. The Labute approximate surface area is 198 Å². The molecule has 172 valence electrons. The van der Waals surface area contributed by atoms with Gasteiger partial charge in [-0.3, -0.25) is 9.10 Å². The van der Waals surface area contributed by atoms with Crippen molar-refractivity contribution in [3.63, 3.8) is 0 Å². The van der Waals surface area contributed by atoms with Gasteiger partial charge < -0.3 is 4.74 Å². The summed E-state index contributed by atoms with van der Waals surface area (Å²) >= 11 is 5.89. The molecule has 3 aromatic rings. The molecule has 0 aliphatic heterocycles. The first kappa shape index (κ1) is 24.3. The van der Waals surface area contributed by atoms with Crippen molar-refractivity contribution in [1.82, 2.24) is 5.43 Å². The summed E-state index contributed by atoms with van der Waals surface area (Å²) in [4.78, 5) is 12.6. The van der Waals surface area contributed by atoms with Crippen LogP contribution in [0, 0.1) is 0 Å². The largest absolute Gasteiger partial charge is 0.491 e. The molecule has 0 bridgehead atoms. The minimum atomic E-state index is -4.01. The highest BCUT2D eigenvalue weighted by atomic mass is 35.5. The van der Waals surface area contributed by atoms with Crippen LogP contribution in [0.5, 0.6) is 5.75 Å². The van der Waals surface area contributed by atoms with E-state index in [2.05, 4.69) is 10.5 Å². The number of carbonyl (C=O) groups excluding carboxylic acids is 1. The van der Waals surface area contributed by atoms with E-state index in [0.717, 1.165) is 15.6 Å². The lowest BCUT2D eigenvalue weighted by Crippen LogP contribution is -2.39. The van der Waals surface area contributed by atoms with E-state index in [4.69, 9.17) is 16.3 Å². The van der Waals surface area contributed by atoms with Crippen LogP contribution in [0.15, 0.2) is 88.9 Å². The average molecular weight is 486 g/mol. The molecule has 0 aliphatic carbocycles. The Morgan fingerprint density at radius 3 is 2.27 bits per heavy atom. The molecule has 7 nitrogen and oxygen atoms in total. The number of nitrogens with zero attached hydrogens (tertiary/aromatic N) is 2. The molecule has 0 aromatic heterocycles. The molecule has 0 aliphatic rings. The summed E-state index contributed by atoms with van der Waals surface area (Å²) < 4.78 is 33.1. The number of hydrazone groups is 1. The van der Waals surface area contributed by atoms with Crippen LogP contribution >= 0.6 is 11.6 Å². The van der Waals surface area contributed by atoms with Crippen LogP contribution in [-0.2, 0) is 14.8 Å². The summed E-state index contributed by atoms with van der Waals surface area (Å²) in [6.07, 6.45) is 1.54. The fraction of sp³-hybridized carbons (Fsp3) is 0.167. The molecule has 1 amide bonds. The Morgan fingerprint density at radius 1 is 1.03 bits per heavy atom. The highest BCUT2D eigenvalue weighted by molar-refractivity contribution is 7.92. The Bertz CT molecular complexity index is 1200. The van der Waals surface area contributed by atoms with E-state index < -0.39 is 22.5 Å². The molecule has 0 spiro atoms. The lowest BCUT2D eigenvalue weighted by atomic mass is 10.2. The molecule has 3 rings (SSSR count). The van der Waals surface area contributed by atoms with Gasteiger partial charge in [-0.15, -0.1) is 0 Å². The number of amides is 1. The van der Waals surface area contributed by atoms with Crippen molar-refractivity contribution >= 4 is 39.4 Å². The van der Waals surface area contributed by atoms with Crippen LogP contribution in [0.4, 0.5) is 5.69 Å². The topological polar surface area (TPSA) is 88.1 Å². The predicted octanol–water partition coefficient (Wildman–Crippen LogP) is 4.47. The number of para-hydroxylation sites is 1. The molecule has 0 atom stereocenters. The van der Waals surface area contributed by atoms with E-state index in [1.165, 1.54) is 30.5 Å². The Hall–Kier alpha value is -3.36. The molecule has 0 saturated carbocycles. The molecule has 0 unspecified atom stereocenters. The van der Waals surface area contributed by atoms with Crippen LogP contribution in [0.3, 0.4) is 0 Å². The monoisotopic (exact) mass is 485 g/mol. The van der Waals surface area contributed by atoms with Crippen LogP contribution in [0.2, 0.25) is 5.02 Å². The van der Waals surface area contributed by atoms with Gasteiger partial charge in [0.25, 0.3) is 15.9 Å². The Morgan fingerprint density at radius 2 is 1.67 bits per heavy atom. The fourth-order valence-electron chi connectivity index (χ4n) is 2.89. The average Bonchev–Trinajstić information content (AvgIpc) is 2.79. The summed E-state index contributed by atoms with van der Waals surface area (Å²) in [5, 5.41) is 4.35. The zero-order valence-electron chi connectivity index (χ0n) is 18.2. The van der Waals surface area contributed by atoms with Gasteiger partial charge in [-0.2, -0.15) is 5.10 Å². The second kappa shape index (κ2) is 11.0. The van der Waals surface area contributed by atoms with Crippen molar-refractivity contribution in [3.8, 4) is 5.75 Å². The van der Waals surface area contributed by atoms with E-state index in [-0.39, 0.29) is 11.0 Å². The molecule has 0 heterocycles. The Balaban J connectivity index is 1.73. The number of hydrogen-bond donors (Lipinski definition) is 1. The van der Waals surface area contributed by atoms with Crippen molar-refractivity contribution in [2.75, 3.05) is 10.8 Å². The fourth-order valence-corrected chi connectivity index (χ4v) is 4.44. The molecule has 0 saturated heterocycles. The van der Waals surface area contributed by atoms with Crippen molar-refractivity contribution in [3.05, 3.63) is 89.4 Å². The summed E-state index contributed by atoms with van der Waals surface area (Å²) in [5.41, 5.74) is 3.49. The molecule has 9 heteroatoms. The Kier molecular flexibility index (Phi) is 8.08. The number of ether oxygens (including phenoxy) is 1. The maximum atomic E-state index is 13.2. The molecule has 1 N–H and O–H groups in total. The van der Waals surface area contributed by atoms with E-state index >= 15 is 0 Å². The van der Waals surface area contributed by atoms with Crippen LogP contribution in [-0.4, -0.2) is 33.2 Å². The standard InChI is InChI=1S/C24H24ClN3O4S/c1-18(2)32-22-12-8-19(9-13-22)16-26-27-24(29)17-28(21-6-4-3-5-7-21)33(30,31)23-14-10-20(25)11-15-23/h3-16,18H,17H2,1-2H3,(H,27,29)/b26-16-. The third-order valence-electron chi connectivity index (χ3n) is 4.39. The lowest BCUT2D eigenvalue weighted by molar-refractivity contribution is -0.119. The maximum absolute atomic E-state index is 13.2. The van der Waals surface area contributed by atoms with Gasteiger partial charge in [-0.1, -0.05) is 29.8 Å². The molecule has 0 radical (unpaired) electrons. The molecular formula is C24H24ClN3O4S. The van der Waals surface area contributed by atoms with E-state index in [1.807, 2.05) is 13.8 Å². The first-order valence-electron chi connectivity index (χ1n) is 10.2. The van der Waals surface area contributed by atoms with E-state index in [0.29, 0.717) is 10.7 Å². The number of halogens is 1. The van der Waals surface area contributed by atoms with Gasteiger partial charge >= 0.3 is 0 Å². The summed E-state index contributed by atoms with van der Waals surface area (Å²) in [7, 11) is -4.01. The third-order valence-corrected chi connectivity index (χ3v) is 6.43. The number of rotatable bonds is 9. The smallest absolute Gasteiger partial charge is 0.264 e. The zero-order chi connectivity index (χ0) is 23.8. The number of sulfonamides is 1. The van der Waals surface area contributed by atoms with Crippen molar-refractivity contribution in [2.24, 2.45) is 5.10 Å². The molecule has 33 heavy (non-hydrogen) atoms. The normalized spacial score (nSPS) is 11.5. The highest BCUT2D eigenvalue weighted by Crippen LogP contribution is 2.24. The summed E-state index contributed by atoms with van der Waals surface area (Å²) in [5.74, 6) is 0.143. The quantitative estimate of drug-likeness (QED) is 0.357. The third kappa shape index (κ3) is 6.81. The summed E-state index contributed by atoms with van der Waals surface area (Å²) in [6.45, 7) is 3.43. The predicted molar refractivity (Wildman–Crippen MR) is 130 cm³/mol. The van der Waals surface area contributed by atoms with Crippen molar-refractivity contribution < 1.29 is 17.9 Å². The van der Waals surface area contributed by atoms with E-state index in [1.54, 1.807) is 54.6 Å². The number of carbonyl (C=O) groups is 1. The number of hydrogen-bond acceptors (Lipinski definition) is 5. The number of benzene rings is 3. The minimum Gasteiger partial charge on any atom is -0.491 e. The van der Waals surface area contributed by atoms with Crippen molar-refractivity contribution in [2.45, 2.75) is 24.8 Å². The highest BCUT2D eigenvalue weighted by Gasteiger charge is 2.27. The maximum Gasteiger partial charge on any atom is 0.264 e. The lowest BCUT2D eigenvalue weighted by Gasteiger charge is -2.23. The molecule has 0 fully saturated rings. The minimum absolute atomic E-state index is 0.0239. The number of anilines is 1. The zero-order valence-corrected chi connectivity index (χ0v) is 19.8. The van der Waals surface area contributed by atoms with Crippen molar-refractivity contribution in [1.29, 1.82) is 0 Å². The second-order valence-corrected chi connectivity index (χ2v) is 9.63. The molecular weight excluding hydrogens is 462 g/mol. The van der Waals surface area contributed by atoms with E-state index in [9.17, 15) is 13.2 Å². The van der Waals surface area contributed by atoms with Crippen LogP contribution < -0.4 is 14.5 Å².